The first kappa shape index (κ1) is 19.0. The fourth-order valence-electron chi connectivity index (χ4n) is 3.16. The summed E-state index contributed by atoms with van der Waals surface area (Å²) in [6, 6.07) is 9.63. The summed E-state index contributed by atoms with van der Waals surface area (Å²) in [7, 11) is -0.940. The van der Waals surface area contributed by atoms with Gasteiger partial charge in [-0.05, 0) is 36.6 Å². The van der Waals surface area contributed by atoms with E-state index in [1.807, 2.05) is 37.3 Å². The number of nitrogens with zero attached hydrogens (tertiary/aromatic N) is 4. The highest BCUT2D eigenvalue weighted by Gasteiger charge is 2.39. The molecule has 28 heavy (non-hydrogen) atoms. The van der Waals surface area contributed by atoms with Crippen molar-refractivity contribution in [2.75, 3.05) is 12.8 Å². The molecular formula is C18H18ClN5O2S2. The Morgan fingerprint density at radius 2 is 2.14 bits per heavy atom. The van der Waals surface area contributed by atoms with Gasteiger partial charge in [-0.3, -0.25) is 4.31 Å². The van der Waals surface area contributed by atoms with Crippen molar-refractivity contribution >= 4 is 44.5 Å². The van der Waals surface area contributed by atoms with Crippen LogP contribution >= 0.6 is 22.9 Å². The fraction of sp³-hybridized carbons (Fsp3) is 0.222. The average molecular weight is 436 g/mol. The lowest BCUT2D eigenvalue weighted by molar-refractivity contribution is 0.522. The van der Waals surface area contributed by atoms with Crippen LogP contribution in [-0.2, 0) is 15.2 Å². The fourth-order valence-corrected chi connectivity index (χ4v) is 6.54. The van der Waals surface area contributed by atoms with Crippen LogP contribution in [0.25, 0.3) is 21.9 Å². The zero-order valence-electron chi connectivity index (χ0n) is 15.3. The molecule has 3 aromatic rings. The molecule has 4 rings (SSSR count). The number of nitrogens with two attached hydrogens (primary N) is 1. The zero-order chi connectivity index (χ0) is 20.1. The number of guanidine groups is 1. The molecule has 0 aliphatic carbocycles. The first-order chi connectivity index (χ1) is 13.2. The van der Waals surface area contributed by atoms with Crippen molar-refractivity contribution in [1.82, 2.24) is 14.5 Å². The van der Waals surface area contributed by atoms with Crippen LogP contribution in [0.5, 0.6) is 0 Å². The Morgan fingerprint density at radius 3 is 2.82 bits per heavy atom. The molecule has 0 radical (unpaired) electrons. The number of aliphatic imine (C=N–C) groups is 1. The van der Waals surface area contributed by atoms with E-state index in [9.17, 15) is 4.21 Å². The normalized spacial score (nSPS) is 25.0. The van der Waals surface area contributed by atoms with Crippen LogP contribution in [0.3, 0.4) is 0 Å². The molecule has 0 fully saturated rings. The minimum atomic E-state index is -2.58. The van der Waals surface area contributed by atoms with Crippen molar-refractivity contribution < 1.29 is 8.63 Å². The predicted octanol–water partition coefficient (Wildman–Crippen LogP) is 3.23. The molecule has 2 atom stereocenters. The molecule has 1 aliphatic rings. The summed E-state index contributed by atoms with van der Waals surface area (Å²) in [6.07, 6.45) is 1.29. The van der Waals surface area contributed by atoms with Crippen LogP contribution < -0.4 is 5.73 Å². The van der Waals surface area contributed by atoms with Gasteiger partial charge in [0, 0.05) is 17.5 Å². The summed E-state index contributed by atoms with van der Waals surface area (Å²) in [5, 5.41) is 8.22. The van der Waals surface area contributed by atoms with E-state index in [1.54, 1.807) is 7.05 Å². The molecule has 7 nitrogen and oxygen atoms in total. The third-order valence-electron chi connectivity index (χ3n) is 4.62. The molecule has 0 bridgehead atoms. The lowest BCUT2D eigenvalue weighted by atomic mass is 10.0. The van der Waals surface area contributed by atoms with Crippen molar-refractivity contribution in [3.63, 3.8) is 0 Å². The highest BCUT2D eigenvalue weighted by molar-refractivity contribution is 7.98. The number of halogens is 1. The van der Waals surface area contributed by atoms with E-state index in [1.165, 1.54) is 22.0 Å². The summed E-state index contributed by atoms with van der Waals surface area (Å²) in [6.45, 7) is 1.88. The minimum Gasteiger partial charge on any atom is -0.423 e. The maximum absolute atomic E-state index is 12.9. The molecule has 0 amide bonds. The second-order valence-corrected chi connectivity index (χ2v) is 10.6. The number of hydrogen-bond donors (Lipinski definition) is 1. The van der Waals surface area contributed by atoms with Crippen molar-refractivity contribution in [2.45, 2.75) is 12.5 Å². The Bertz CT molecular complexity index is 1170. The van der Waals surface area contributed by atoms with Crippen LogP contribution in [0.2, 0.25) is 5.02 Å². The monoisotopic (exact) mass is 435 g/mol. The quantitative estimate of drug-likeness (QED) is 0.637. The highest BCUT2D eigenvalue weighted by Crippen LogP contribution is 2.44. The number of thiophene rings is 1. The molecule has 2 N–H and O–H groups in total. The highest BCUT2D eigenvalue weighted by atomic mass is 35.5. The van der Waals surface area contributed by atoms with Gasteiger partial charge in [-0.2, -0.15) is 0 Å². The summed E-state index contributed by atoms with van der Waals surface area (Å²) >= 11 is 8.06. The molecule has 1 aromatic carbocycles. The third kappa shape index (κ3) is 3.19. The minimum absolute atomic E-state index is 0.193. The number of aromatic nitrogens is 2. The lowest BCUT2D eigenvalue weighted by Crippen LogP contribution is -2.50. The van der Waals surface area contributed by atoms with Gasteiger partial charge in [0.15, 0.2) is 0 Å². The van der Waals surface area contributed by atoms with Crippen molar-refractivity contribution in [3.8, 4) is 21.9 Å². The van der Waals surface area contributed by atoms with Crippen molar-refractivity contribution in [2.24, 2.45) is 10.7 Å². The van der Waals surface area contributed by atoms with E-state index in [2.05, 4.69) is 21.1 Å². The smallest absolute Gasteiger partial charge is 0.247 e. The number of hydrogen-bond acceptors (Lipinski definition) is 7. The van der Waals surface area contributed by atoms with Gasteiger partial charge in [0.1, 0.15) is 5.54 Å². The zero-order valence-corrected chi connectivity index (χ0v) is 17.6. The molecule has 0 saturated carbocycles. The Morgan fingerprint density at radius 1 is 1.39 bits per heavy atom. The Balaban J connectivity index is 1.77. The van der Waals surface area contributed by atoms with Gasteiger partial charge in [0.25, 0.3) is 0 Å². The van der Waals surface area contributed by atoms with E-state index in [0.717, 1.165) is 20.9 Å². The van der Waals surface area contributed by atoms with Crippen LogP contribution in [0.1, 0.15) is 11.8 Å². The summed E-state index contributed by atoms with van der Waals surface area (Å²) in [4.78, 5) is 6.34. The molecule has 1 aliphatic heterocycles. The van der Waals surface area contributed by atoms with Gasteiger partial charge in [-0.1, -0.05) is 23.7 Å². The van der Waals surface area contributed by atoms with Gasteiger partial charge in [0.05, 0.1) is 25.4 Å². The van der Waals surface area contributed by atoms with E-state index < -0.39 is 15.2 Å². The second kappa shape index (κ2) is 6.61. The van der Waals surface area contributed by atoms with E-state index in [-0.39, 0.29) is 11.7 Å². The molecule has 1 unspecified atom stereocenters. The Labute approximate surface area is 172 Å². The van der Waals surface area contributed by atoms with Crippen LogP contribution in [0.15, 0.2) is 46.1 Å². The SMILES string of the molecule is C=S1(=O)C[C@@](C)(c2sc(-c3cccc(-c4nnco4)c3)cc2Cl)N=C(N)N1C. The number of rotatable bonds is 3. The third-order valence-corrected chi connectivity index (χ3v) is 8.67. The molecule has 0 saturated heterocycles. The van der Waals surface area contributed by atoms with Gasteiger partial charge >= 0.3 is 0 Å². The average Bonchev–Trinajstić information content (AvgIpc) is 3.29. The molecule has 2 aromatic heterocycles. The summed E-state index contributed by atoms with van der Waals surface area (Å²) in [5.74, 6) is 4.72. The van der Waals surface area contributed by atoms with Gasteiger partial charge in [0.2, 0.25) is 18.2 Å². The summed E-state index contributed by atoms with van der Waals surface area (Å²) in [5.41, 5.74) is 6.97. The van der Waals surface area contributed by atoms with Crippen molar-refractivity contribution in [1.29, 1.82) is 0 Å². The molecule has 10 heteroatoms. The van der Waals surface area contributed by atoms with Gasteiger partial charge in [-0.15, -0.1) is 21.5 Å². The first-order valence-corrected chi connectivity index (χ1v) is 11.4. The molecular weight excluding hydrogens is 418 g/mol. The molecule has 3 heterocycles. The van der Waals surface area contributed by atoms with Crippen LogP contribution in [0, 0.1) is 0 Å². The topological polar surface area (TPSA) is 97.6 Å². The lowest BCUT2D eigenvalue weighted by Gasteiger charge is -2.36. The maximum Gasteiger partial charge on any atom is 0.247 e. The molecule has 0 spiro atoms. The second-order valence-electron chi connectivity index (χ2n) is 6.77. The maximum atomic E-state index is 12.9. The molecule has 146 valence electrons. The Kier molecular flexibility index (Phi) is 4.48. The van der Waals surface area contributed by atoms with E-state index >= 15 is 0 Å². The Hall–Kier alpha value is -2.36. The van der Waals surface area contributed by atoms with Gasteiger partial charge < -0.3 is 10.2 Å². The van der Waals surface area contributed by atoms with E-state index in [0.29, 0.717) is 10.9 Å². The predicted molar refractivity (Wildman–Crippen MR) is 115 cm³/mol. The van der Waals surface area contributed by atoms with E-state index in [4.69, 9.17) is 21.8 Å². The number of benzene rings is 1. The van der Waals surface area contributed by atoms with Crippen LogP contribution in [-0.4, -0.2) is 43.3 Å². The van der Waals surface area contributed by atoms with Crippen LogP contribution in [0.4, 0.5) is 0 Å². The largest absolute Gasteiger partial charge is 0.423 e. The summed E-state index contributed by atoms with van der Waals surface area (Å²) < 4.78 is 19.6. The van der Waals surface area contributed by atoms with Crippen molar-refractivity contribution in [3.05, 3.63) is 46.6 Å². The van der Waals surface area contributed by atoms with Gasteiger partial charge in [-0.25, -0.2) is 9.20 Å². The first-order valence-electron chi connectivity index (χ1n) is 8.30. The standard InChI is InChI=1S/C18H18ClN5O2S2/c1-18(9-28(3,25)24(2)17(20)22-18)15-13(19)8-14(27-15)11-5-4-6-12(7-11)16-23-21-10-26-16/h4-8,10H,3,9H2,1-2H3,(H2,20,22)/t18-,28?/m0/s1.